The standard InChI is InChI=1S/C12H10N4O/c1-17-10-6-4-8-16-11(14-15-12(10)16)9-5-2-3-7-13-9/h2-8H,1H3. The molecule has 0 aliphatic rings. The van der Waals surface area contributed by atoms with Crippen LogP contribution in [0.3, 0.4) is 0 Å². The first-order chi connectivity index (χ1) is 8.40. The fourth-order valence-corrected chi connectivity index (χ4v) is 1.72. The summed E-state index contributed by atoms with van der Waals surface area (Å²) in [7, 11) is 1.62. The Bertz CT molecular complexity index is 648. The highest BCUT2D eigenvalue weighted by molar-refractivity contribution is 5.60. The average Bonchev–Trinajstić information content (AvgIpc) is 2.83. The molecule has 0 saturated carbocycles. The number of hydrogen-bond acceptors (Lipinski definition) is 4. The summed E-state index contributed by atoms with van der Waals surface area (Å²) in [5, 5.41) is 8.26. The summed E-state index contributed by atoms with van der Waals surface area (Å²) in [4.78, 5) is 4.26. The Hall–Kier alpha value is -2.43. The van der Waals surface area contributed by atoms with Crippen molar-refractivity contribution in [3.63, 3.8) is 0 Å². The van der Waals surface area contributed by atoms with Gasteiger partial charge in [-0.05, 0) is 24.3 Å². The number of aromatic nitrogens is 4. The van der Waals surface area contributed by atoms with E-state index in [1.165, 1.54) is 0 Å². The van der Waals surface area contributed by atoms with E-state index >= 15 is 0 Å². The predicted molar refractivity (Wildman–Crippen MR) is 62.8 cm³/mol. The molecule has 84 valence electrons. The Kier molecular flexibility index (Phi) is 2.22. The van der Waals surface area contributed by atoms with Gasteiger partial charge in [0.25, 0.3) is 0 Å². The number of pyridine rings is 2. The highest BCUT2D eigenvalue weighted by atomic mass is 16.5. The van der Waals surface area contributed by atoms with Crippen molar-refractivity contribution in [2.45, 2.75) is 0 Å². The van der Waals surface area contributed by atoms with E-state index in [0.717, 1.165) is 5.69 Å². The van der Waals surface area contributed by atoms with Crippen LogP contribution in [0.4, 0.5) is 0 Å². The first-order valence-corrected chi connectivity index (χ1v) is 5.19. The van der Waals surface area contributed by atoms with Gasteiger partial charge in [0.15, 0.2) is 11.6 Å². The van der Waals surface area contributed by atoms with Gasteiger partial charge in [-0.1, -0.05) is 6.07 Å². The zero-order chi connectivity index (χ0) is 11.7. The van der Waals surface area contributed by atoms with Crippen molar-refractivity contribution in [3.05, 3.63) is 42.7 Å². The first-order valence-electron chi connectivity index (χ1n) is 5.19. The molecule has 0 spiro atoms. The second-order valence-electron chi connectivity index (χ2n) is 3.51. The van der Waals surface area contributed by atoms with Crippen molar-refractivity contribution in [2.75, 3.05) is 7.11 Å². The molecule has 0 aromatic carbocycles. The van der Waals surface area contributed by atoms with Gasteiger partial charge < -0.3 is 4.74 Å². The van der Waals surface area contributed by atoms with Crippen LogP contribution in [0.25, 0.3) is 17.2 Å². The molecule has 5 nitrogen and oxygen atoms in total. The van der Waals surface area contributed by atoms with Crippen molar-refractivity contribution >= 4 is 5.65 Å². The summed E-state index contributed by atoms with van der Waals surface area (Å²) in [6.07, 6.45) is 3.62. The van der Waals surface area contributed by atoms with Crippen molar-refractivity contribution in [2.24, 2.45) is 0 Å². The maximum Gasteiger partial charge on any atom is 0.203 e. The Labute approximate surface area is 97.7 Å². The Morgan fingerprint density at radius 3 is 2.82 bits per heavy atom. The number of ether oxygens (including phenoxy) is 1. The maximum absolute atomic E-state index is 5.23. The number of hydrogen-bond donors (Lipinski definition) is 0. The molecule has 0 aliphatic heterocycles. The fourth-order valence-electron chi connectivity index (χ4n) is 1.72. The predicted octanol–water partition coefficient (Wildman–Crippen LogP) is 1.80. The van der Waals surface area contributed by atoms with E-state index in [9.17, 15) is 0 Å². The lowest BCUT2D eigenvalue weighted by molar-refractivity contribution is 0.417. The van der Waals surface area contributed by atoms with Crippen LogP contribution >= 0.6 is 0 Å². The molecule has 3 aromatic rings. The Morgan fingerprint density at radius 2 is 2.06 bits per heavy atom. The van der Waals surface area contributed by atoms with E-state index in [1.54, 1.807) is 13.3 Å². The van der Waals surface area contributed by atoms with Gasteiger partial charge in [0, 0.05) is 12.4 Å². The Balaban J connectivity index is 2.26. The highest BCUT2D eigenvalue weighted by Crippen LogP contribution is 2.21. The summed E-state index contributed by atoms with van der Waals surface area (Å²) < 4.78 is 7.10. The number of rotatable bonds is 2. The molecule has 0 radical (unpaired) electrons. The van der Waals surface area contributed by atoms with Gasteiger partial charge in [-0.25, -0.2) is 0 Å². The van der Waals surface area contributed by atoms with Gasteiger partial charge >= 0.3 is 0 Å². The fraction of sp³-hybridized carbons (Fsp3) is 0.0833. The molecule has 0 fully saturated rings. The lowest BCUT2D eigenvalue weighted by Crippen LogP contribution is -1.93. The molecular formula is C12H10N4O. The van der Waals surface area contributed by atoms with E-state index in [2.05, 4.69) is 15.2 Å². The highest BCUT2D eigenvalue weighted by Gasteiger charge is 2.11. The van der Waals surface area contributed by atoms with E-state index in [4.69, 9.17) is 4.74 Å². The largest absolute Gasteiger partial charge is 0.493 e. The molecule has 0 aliphatic carbocycles. The monoisotopic (exact) mass is 226 g/mol. The zero-order valence-electron chi connectivity index (χ0n) is 9.24. The SMILES string of the molecule is COc1cccn2c(-c3ccccn3)nnc12. The van der Waals surface area contributed by atoms with Crippen molar-refractivity contribution in [1.29, 1.82) is 0 Å². The third kappa shape index (κ3) is 1.52. The van der Waals surface area contributed by atoms with Gasteiger partial charge in [0.2, 0.25) is 5.65 Å². The second-order valence-corrected chi connectivity index (χ2v) is 3.51. The molecule has 0 saturated heterocycles. The number of nitrogens with zero attached hydrogens (tertiary/aromatic N) is 4. The van der Waals surface area contributed by atoms with Crippen LogP contribution in [0.15, 0.2) is 42.7 Å². The smallest absolute Gasteiger partial charge is 0.203 e. The van der Waals surface area contributed by atoms with Crippen molar-refractivity contribution in [3.8, 4) is 17.3 Å². The molecule has 0 bridgehead atoms. The van der Waals surface area contributed by atoms with E-state index in [1.807, 2.05) is 40.9 Å². The topological polar surface area (TPSA) is 52.3 Å². The minimum Gasteiger partial charge on any atom is -0.493 e. The molecule has 3 rings (SSSR count). The van der Waals surface area contributed by atoms with Crippen LogP contribution in [-0.4, -0.2) is 26.7 Å². The second kappa shape index (κ2) is 3.86. The number of fused-ring (bicyclic) bond motifs is 1. The van der Waals surface area contributed by atoms with Crippen LogP contribution in [0.2, 0.25) is 0 Å². The zero-order valence-corrected chi connectivity index (χ0v) is 9.24. The Morgan fingerprint density at radius 1 is 1.12 bits per heavy atom. The van der Waals surface area contributed by atoms with Gasteiger partial charge in [-0.3, -0.25) is 9.38 Å². The molecule has 0 unspecified atom stereocenters. The first kappa shape index (κ1) is 9.77. The van der Waals surface area contributed by atoms with Crippen molar-refractivity contribution < 1.29 is 4.74 Å². The van der Waals surface area contributed by atoms with E-state index < -0.39 is 0 Å². The average molecular weight is 226 g/mol. The van der Waals surface area contributed by atoms with E-state index in [-0.39, 0.29) is 0 Å². The summed E-state index contributed by atoms with van der Waals surface area (Å²) in [6.45, 7) is 0. The molecule has 5 heteroatoms. The van der Waals surface area contributed by atoms with Crippen LogP contribution in [0, 0.1) is 0 Å². The maximum atomic E-state index is 5.23. The normalized spacial score (nSPS) is 10.6. The summed E-state index contributed by atoms with van der Waals surface area (Å²) in [5.41, 5.74) is 1.48. The van der Waals surface area contributed by atoms with Crippen LogP contribution in [0.5, 0.6) is 5.75 Å². The van der Waals surface area contributed by atoms with Crippen LogP contribution in [0.1, 0.15) is 0 Å². The van der Waals surface area contributed by atoms with Crippen molar-refractivity contribution in [1.82, 2.24) is 19.6 Å². The van der Waals surface area contributed by atoms with Gasteiger partial charge in [-0.15, -0.1) is 10.2 Å². The molecule has 0 atom stereocenters. The summed E-state index contributed by atoms with van der Waals surface area (Å²) in [5.74, 6) is 1.40. The summed E-state index contributed by atoms with van der Waals surface area (Å²) in [6, 6.07) is 9.43. The summed E-state index contributed by atoms with van der Waals surface area (Å²) >= 11 is 0. The molecule has 3 heterocycles. The molecule has 0 N–H and O–H groups in total. The lowest BCUT2D eigenvalue weighted by atomic mass is 10.3. The molecular weight excluding hydrogens is 216 g/mol. The molecule has 0 amide bonds. The molecule has 17 heavy (non-hydrogen) atoms. The minimum atomic E-state index is 0.690. The van der Waals surface area contributed by atoms with E-state index in [0.29, 0.717) is 17.2 Å². The van der Waals surface area contributed by atoms with Gasteiger partial charge in [0.05, 0.1) is 7.11 Å². The van der Waals surface area contributed by atoms with Crippen LogP contribution in [-0.2, 0) is 0 Å². The minimum absolute atomic E-state index is 0.690. The van der Waals surface area contributed by atoms with Gasteiger partial charge in [-0.2, -0.15) is 0 Å². The lowest BCUT2D eigenvalue weighted by Gasteiger charge is -2.02. The number of methoxy groups -OCH3 is 1. The molecule has 3 aromatic heterocycles. The third-order valence-corrected chi connectivity index (χ3v) is 2.51. The van der Waals surface area contributed by atoms with Gasteiger partial charge in [0.1, 0.15) is 5.69 Å². The van der Waals surface area contributed by atoms with Crippen LogP contribution < -0.4 is 4.74 Å². The third-order valence-electron chi connectivity index (χ3n) is 2.51. The quantitative estimate of drug-likeness (QED) is 0.668.